The van der Waals surface area contributed by atoms with Crippen LogP contribution in [-0.4, -0.2) is 60.5 Å². The first-order valence-electron chi connectivity index (χ1n) is 9.19. The molecule has 2 heterocycles. The number of aromatic nitrogens is 2. The number of ether oxygens (including phenoxy) is 1. The first-order valence-corrected chi connectivity index (χ1v) is 9.19. The number of methoxy groups -OCH3 is 1. The molecule has 27 heavy (non-hydrogen) atoms. The third kappa shape index (κ3) is 4.19. The Hall–Kier alpha value is -2.67. The average Bonchev–Trinajstić information content (AvgIpc) is 2.69. The normalized spacial score (nSPS) is 14.5. The minimum atomic E-state index is -0.233. The zero-order chi connectivity index (χ0) is 19.4. The van der Waals surface area contributed by atoms with Gasteiger partial charge in [-0.05, 0) is 37.1 Å². The van der Waals surface area contributed by atoms with Gasteiger partial charge in [0.1, 0.15) is 5.69 Å². The van der Waals surface area contributed by atoms with Gasteiger partial charge >= 0.3 is 0 Å². The molecule has 1 aliphatic heterocycles. The highest BCUT2D eigenvalue weighted by Crippen LogP contribution is 2.24. The molecule has 0 spiro atoms. The average molecular weight is 370 g/mol. The molecule has 0 atom stereocenters. The molecule has 144 valence electrons. The van der Waals surface area contributed by atoms with E-state index in [1.807, 2.05) is 0 Å². The number of nitrogens with zero attached hydrogens (tertiary/aromatic N) is 4. The van der Waals surface area contributed by atoms with Gasteiger partial charge in [-0.1, -0.05) is 12.1 Å². The quantitative estimate of drug-likeness (QED) is 0.797. The molecule has 0 unspecified atom stereocenters. The van der Waals surface area contributed by atoms with E-state index in [1.165, 1.54) is 33.6 Å². The van der Waals surface area contributed by atoms with Gasteiger partial charge < -0.3 is 14.5 Å². The SMILES string of the molecule is COCCn1nc(C(=O)N2CCN(c3cccc(C)c3C)CC2)ccc1=O. The van der Waals surface area contributed by atoms with Crippen LogP contribution in [0.3, 0.4) is 0 Å². The predicted molar refractivity (Wildman–Crippen MR) is 104 cm³/mol. The maximum absolute atomic E-state index is 12.8. The van der Waals surface area contributed by atoms with Crippen molar-refractivity contribution in [3.05, 3.63) is 57.5 Å². The van der Waals surface area contributed by atoms with Crippen molar-refractivity contribution in [3.8, 4) is 0 Å². The van der Waals surface area contributed by atoms with Crippen molar-refractivity contribution >= 4 is 11.6 Å². The Morgan fingerprint density at radius 1 is 1.11 bits per heavy atom. The lowest BCUT2D eigenvalue weighted by Crippen LogP contribution is -2.49. The van der Waals surface area contributed by atoms with Gasteiger partial charge in [0.15, 0.2) is 0 Å². The highest BCUT2D eigenvalue weighted by Gasteiger charge is 2.24. The molecule has 0 bridgehead atoms. The van der Waals surface area contributed by atoms with Gasteiger partial charge in [0, 0.05) is 45.0 Å². The predicted octanol–water partition coefficient (Wildman–Crippen LogP) is 1.47. The molecule has 0 N–H and O–H groups in total. The number of rotatable bonds is 5. The van der Waals surface area contributed by atoms with Crippen molar-refractivity contribution < 1.29 is 9.53 Å². The summed E-state index contributed by atoms with van der Waals surface area (Å²) in [7, 11) is 1.56. The topological polar surface area (TPSA) is 67.7 Å². The number of amides is 1. The van der Waals surface area contributed by atoms with Crippen molar-refractivity contribution in [3.63, 3.8) is 0 Å². The molecule has 1 aromatic carbocycles. The third-order valence-corrected chi connectivity index (χ3v) is 5.08. The highest BCUT2D eigenvalue weighted by atomic mass is 16.5. The molecule has 0 aliphatic carbocycles. The van der Waals surface area contributed by atoms with Crippen LogP contribution in [0, 0.1) is 13.8 Å². The molecule has 1 saturated heterocycles. The Morgan fingerprint density at radius 3 is 2.56 bits per heavy atom. The van der Waals surface area contributed by atoms with Crippen molar-refractivity contribution in [1.82, 2.24) is 14.7 Å². The van der Waals surface area contributed by atoms with Gasteiger partial charge in [0.2, 0.25) is 0 Å². The smallest absolute Gasteiger partial charge is 0.274 e. The van der Waals surface area contributed by atoms with Gasteiger partial charge in [0.05, 0.1) is 13.2 Å². The Kier molecular flexibility index (Phi) is 5.91. The summed E-state index contributed by atoms with van der Waals surface area (Å²) in [4.78, 5) is 28.8. The highest BCUT2D eigenvalue weighted by molar-refractivity contribution is 5.92. The molecule has 1 aliphatic rings. The molecular formula is C20H26N4O3. The standard InChI is InChI=1S/C20H26N4O3/c1-15-5-4-6-18(16(15)2)22-9-11-23(12-10-22)20(26)17-7-8-19(25)24(21-17)13-14-27-3/h4-8H,9-14H2,1-3H3. The zero-order valence-electron chi connectivity index (χ0n) is 16.1. The van der Waals surface area contributed by atoms with Crippen LogP contribution in [0.2, 0.25) is 0 Å². The first-order chi connectivity index (χ1) is 13.0. The Morgan fingerprint density at radius 2 is 1.85 bits per heavy atom. The maximum atomic E-state index is 12.8. The summed E-state index contributed by atoms with van der Waals surface area (Å²) in [6.45, 7) is 7.77. The lowest BCUT2D eigenvalue weighted by atomic mass is 10.1. The van der Waals surface area contributed by atoms with E-state index in [-0.39, 0.29) is 11.5 Å². The second-order valence-corrected chi connectivity index (χ2v) is 6.77. The second kappa shape index (κ2) is 8.35. The number of benzene rings is 1. The number of hydrogen-bond acceptors (Lipinski definition) is 5. The zero-order valence-corrected chi connectivity index (χ0v) is 16.1. The van der Waals surface area contributed by atoms with Gasteiger partial charge in [-0.25, -0.2) is 4.68 Å². The van der Waals surface area contributed by atoms with Crippen LogP contribution in [0.5, 0.6) is 0 Å². The van der Waals surface area contributed by atoms with Crippen molar-refractivity contribution in [2.75, 3.05) is 44.8 Å². The Balaban J connectivity index is 1.68. The summed E-state index contributed by atoms with van der Waals surface area (Å²) in [6.07, 6.45) is 0. The van der Waals surface area contributed by atoms with Crippen molar-refractivity contribution in [1.29, 1.82) is 0 Å². The minimum absolute atomic E-state index is 0.137. The molecule has 1 aromatic heterocycles. The Bertz CT molecular complexity index is 870. The number of piperazine rings is 1. The van der Waals surface area contributed by atoms with E-state index in [0.29, 0.717) is 31.9 Å². The number of hydrogen-bond donors (Lipinski definition) is 0. The molecule has 0 saturated carbocycles. The van der Waals surface area contributed by atoms with Crippen LogP contribution in [0.4, 0.5) is 5.69 Å². The maximum Gasteiger partial charge on any atom is 0.274 e. The van der Waals surface area contributed by atoms with Crippen LogP contribution in [-0.2, 0) is 11.3 Å². The summed E-state index contributed by atoms with van der Waals surface area (Å²) < 4.78 is 6.27. The van der Waals surface area contributed by atoms with Gasteiger partial charge in [0.25, 0.3) is 11.5 Å². The molecule has 1 fully saturated rings. The summed E-state index contributed by atoms with van der Waals surface area (Å²) in [5.41, 5.74) is 3.85. The number of carbonyl (C=O) groups excluding carboxylic acids is 1. The van der Waals surface area contributed by atoms with E-state index in [2.05, 4.69) is 42.0 Å². The molecule has 0 radical (unpaired) electrons. The third-order valence-electron chi connectivity index (χ3n) is 5.08. The van der Waals surface area contributed by atoms with Gasteiger partial charge in [-0.2, -0.15) is 5.10 Å². The van der Waals surface area contributed by atoms with E-state index in [0.717, 1.165) is 13.1 Å². The fourth-order valence-electron chi connectivity index (χ4n) is 3.29. The fourth-order valence-corrected chi connectivity index (χ4v) is 3.29. The summed E-state index contributed by atoms with van der Waals surface area (Å²) >= 11 is 0. The number of anilines is 1. The number of carbonyl (C=O) groups is 1. The van der Waals surface area contributed by atoms with E-state index in [1.54, 1.807) is 12.0 Å². The van der Waals surface area contributed by atoms with Crippen LogP contribution in [0.25, 0.3) is 0 Å². The van der Waals surface area contributed by atoms with E-state index in [9.17, 15) is 9.59 Å². The van der Waals surface area contributed by atoms with Crippen molar-refractivity contribution in [2.24, 2.45) is 0 Å². The van der Waals surface area contributed by atoms with E-state index in [4.69, 9.17) is 4.74 Å². The van der Waals surface area contributed by atoms with Crippen LogP contribution < -0.4 is 10.5 Å². The van der Waals surface area contributed by atoms with Crippen LogP contribution in [0.1, 0.15) is 21.6 Å². The largest absolute Gasteiger partial charge is 0.383 e. The lowest BCUT2D eigenvalue weighted by Gasteiger charge is -2.37. The lowest BCUT2D eigenvalue weighted by molar-refractivity contribution is 0.0737. The van der Waals surface area contributed by atoms with Crippen LogP contribution in [0.15, 0.2) is 35.1 Å². The molecule has 2 aromatic rings. The minimum Gasteiger partial charge on any atom is -0.383 e. The molecule has 3 rings (SSSR count). The first kappa shape index (κ1) is 19.1. The summed E-state index contributed by atoms with van der Waals surface area (Å²) in [5, 5.41) is 4.21. The molecule has 7 nitrogen and oxygen atoms in total. The second-order valence-electron chi connectivity index (χ2n) is 6.77. The molecule has 1 amide bonds. The van der Waals surface area contributed by atoms with E-state index >= 15 is 0 Å². The van der Waals surface area contributed by atoms with Crippen molar-refractivity contribution in [2.45, 2.75) is 20.4 Å². The number of aryl methyl sites for hydroxylation is 1. The fraction of sp³-hybridized carbons (Fsp3) is 0.450. The van der Waals surface area contributed by atoms with Crippen LogP contribution >= 0.6 is 0 Å². The molecular weight excluding hydrogens is 344 g/mol. The monoisotopic (exact) mass is 370 g/mol. The van der Waals surface area contributed by atoms with Gasteiger partial charge in [-0.15, -0.1) is 0 Å². The summed E-state index contributed by atoms with van der Waals surface area (Å²) in [6, 6.07) is 9.21. The van der Waals surface area contributed by atoms with Gasteiger partial charge in [-0.3, -0.25) is 9.59 Å². The van der Waals surface area contributed by atoms with E-state index < -0.39 is 0 Å². The Labute approximate surface area is 159 Å². The molecule has 7 heteroatoms. The summed E-state index contributed by atoms with van der Waals surface area (Å²) in [5.74, 6) is -0.137.